The summed E-state index contributed by atoms with van der Waals surface area (Å²) in [7, 11) is 0. The van der Waals surface area contributed by atoms with Gasteiger partial charge in [-0.05, 0) is 25.7 Å². The van der Waals surface area contributed by atoms with E-state index in [1.807, 2.05) is 0 Å². The first-order chi connectivity index (χ1) is 9.41. The second kappa shape index (κ2) is 21.5. The number of unbranched alkanes of at least 4 members (excludes halogenated alkanes) is 12. The zero-order valence-electron chi connectivity index (χ0n) is 14.3. The Morgan fingerprint density at radius 1 is 0.450 bits per heavy atom. The molecule has 0 heterocycles. The molecule has 0 aliphatic heterocycles. The highest BCUT2D eigenvalue weighted by atomic mass is 35.5. The summed E-state index contributed by atoms with van der Waals surface area (Å²) in [5.41, 5.74) is 0. The molecule has 0 aromatic heterocycles. The zero-order valence-corrected chi connectivity index (χ0v) is 15.0. The van der Waals surface area contributed by atoms with E-state index in [-0.39, 0.29) is 12.4 Å². The smallest absolute Gasteiger partial charge is 0.0755 e. The van der Waals surface area contributed by atoms with Crippen LogP contribution in [0, 0.1) is 0 Å². The van der Waals surface area contributed by atoms with Gasteiger partial charge in [-0.15, -0.1) is 0 Å². The van der Waals surface area contributed by atoms with Gasteiger partial charge in [0.1, 0.15) is 0 Å². The molecule has 0 aromatic carbocycles. The van der Waals surface area contributed by atoms with Crippen molar-refractivity contribution in [2.45, 2.75) is 104 Å². The largest absolute Gasteiger partial charge is 1.00 e. The molecule has 124 valence electrons. The standard InChI is InChI=1S/C18H39N.ClH/c1-3-5-7-9-10-11-12-13-14-16-18-19-17-15-8-6-4-2;/h19H,3-18H2,1-2H3;1H. The van der Waals surface area contributed by atoms with Crippen molar-refractivity contribution in [3.63, 3.8) is 0 Å². The van der Waals surface area contributed by atoms with E-state index < -0.39 is 0 Å². The Balaban J connectivity index is 0. The summed E-state index contributed by atoms with van der Waals surface area (Å²) < 4.78 is 0. The van der Waals surface area contributed by atoms with Gasteiger partial charge in [0.15, 0.2) is 0 Å². The van der Waals surface area contributed by atoms with Crippen molar-refractivity contribution in [3.05, 3.63) is 0 Å². The Labute approximate surface area is 135 Å². The normalized spacial score (nSPS) is 10.5. The molecular weight excluding hydrogens is 266 g/mol. The lowest BCUT2D eigenvalue weighted by Gasteiger charge is -2.03. The lowest BCUT2D eigenvalue weighted by molar-refractivity contribution is -0.655. The number of hydrogen-bond acceptors (Lipinski definition) is 0. The van der Waals surface area contributed by atoms with E-state index in [9.17, 15) is 0 Å². The lowest BCUT2D eigenvalue weighted by Crippen LogP contribution is -3.00. The van der Waals surface area contributed by atoms with Gasteiger partial charge >= 0.3 is 0 Å². The van der Waals surface area contributed by atoms with Crippen molar-refractivity contribution in [1.29, 1.82) is 0 Å². The molecule has 2 N–H and O–H groups in total. The molecule has 0 saturated heterocycles. The topological polar surface area (TPSA) is 16.6 Å². The van der Waals surface area contributed by atoms with Crippen molar-refractivity contribution in [2.24, 2.45) is 0 Å². The highest BCUT2D eigenvalue weighted by molar-refractivity contribution is 4.46. The second-order valence-electron chi connectivity index (χ2n) is 6.11. The summed E-state index contributed by atoms with van der Waals surface area (Å²) in [6, 6.07) is 0. The third kappa shape index (κ3) is 20.6. The van der Waals surface area contributed by atoms with Crippen molar-refractivity contribution in [3.8, 4) is 0 Å². The molecule has 20 heavy (non-hydrogen) atoms. The first-order valence-corrected chi connectivity index (χ1v) is 9.23. The van der Waals surface area contributed by atoms with Crippen molar-refractivity contribution in [1.82, 2.24) is 0 Å². The molecule has 0 unspecified atom stereocenters. The molecule has 0 saturated carbocycles. The third-order valence-electron chi connectivity index (χ3n) is 4.02. The lowest BCUT2D eigenvalue weighted by atomic mass is 10.1. The first kappa shape index (κ1) is 22.5. The van der Waals surface area contributed by atoms with Crippen LogP contribution in [0.25, 0.3) is 0 Å². The molecule has 0 aromatic rings. The fourth-order valence-electron chi connectivity index (χ4n) is 2.64. The third-order valence-corrected chi connectivity index (χ3v) is 4.02. The van der Waals surface area contributed by atoms with Crippen molar-refractivity contribution < 1.29 is 17.7 Å². The van der Waals surface area contributed by atoms with E-state index in [0.29, 0.717) is 0 Å². The predicted octanol–water partition coefficient (Wildman–Crippen LogP) is 2.06. The van der Waals surface area contributed by atoms with Gasteiger partial charge in [-0.2, -0.15) is 0 Å². The zero-order chi connectivity index (χ0) is 14.0. The van der Waals surface area contributed by atoms with Crippen LogP contribution in [0.1, 0.15) is 104 Å². The minimum atomic E-state index is 0. The molecule has 0 fully saturated rings. The van der Waals surface area contributed by atoms with E-state index in [1.54, 1.807) is 0 Å². The van der Waals surface area contributed by atoms with Gasteiger partial charge in [0, 0.05) is 0 Å². The number of nitrogens with two attached hydrogens (primary N) is 1. The molecular formula is C18H40ClN. The molecule has 0 aliphatic carbocycles. The number of quaternary nitrogens is 1. The summed E-state index contributed by atoms with van der Waals surface area (Å²) in [5.74, 6) is 0. The van der Waals surface area contributed by atoms with Crippen LogP contribution < -0.4 is 17.7 Å². The molecule has 0 bridgehead atoms. The quantitative estimate of drug-likeness (QED) is 0.420. The maximum absolute atomic E-state index is 2.53. The minimum absolute atomic E-state index is 0. The summed E-state index contributed by atoms with van der Waals surface area (Å²) in [5, 5.41) is 2.53. The van der Waals surface area contributed by atoms with Crippen molar-refractivity contribution >= 4 is 0 Å². The monoisotopic (exact) mass is 305 g/mol. The predicted molar refractivity (Wildman–Crippen MR) is 87.6 cm³/mol. The Kier molecular flexibility index (Phi) is 24.3. The number of halogens is 1. The van der Waals surface area contributed by atoms with Gasteiger partial charge < -0.3 is 17.7 Å². The Morgan fingerprint density at radius 3 is 1.15 bits per heavy atom. The molecule has 0 rings (SSSR count). The average Bonchev–Trinajstić information content (AvgIpc) is 2.43. The van der Waals surface area contributed by atoms with Crippen LogP contribution in [0.3, 0.4) is 0 Å². The average molecular weight is 306 g/mol. The van der Waals surface area contributed by atoms with E-state index in [4.69, 9.17) is 0 Å². The second-order valence-corrected chi connectivity index (χ2v) is 6.11. The summed E-state index contributed by atoms with van der Waals surface area (Å²) in [4.78, 5) is 0. The Hall–Kier alpha value is 0.250. The van der Waals surface area contributed by atoms with Crippen LogP contribution in [0.2, 0.25) is 0 Å². The van der Waals surface area contributed by atoms with Crippen LogP contribution in [0.15, 0.2) is 0 Å². The van der Waals surface area contributed by atoms with E-state index in [1.165, 1.54) is 103 Å². The molecule has 0 aliphatic rings. The maximum Gasteiger partial charge on any atom is 0.0755 e. The van der Waals surface area contributed by atoms with Gasteiger partial charge in [0.2, 0.25) is 0 Å². The summed E-state index contributed by atoms with van der Waals surface area (Å²) in [6.45, 7) is 7.30. The Bertz CT molecular complexity index is 134. The molecule has 1 nitrogen and oxygen atoms in total. The number of rotatable bonds is 16. The summed E-state index contributed by atoms with van der Waals surface area (Å²) in [6.07, 6.45) is 20.2. The van der Waals surface area contributed by atoms with E-state index in [0.717, 1.165) is 0 Å². The molecule has 0 radical (unpaired) electrons. The highest BCUT2D eigenvalue weighted by Crippen LogP contribution is 2.09. The fourth-order valence-corrected chi connectivity index (χ4v) is 2.64. The molecule has 0 spiro atoms. The first-order valence-electron chi connectivity index (χ1n) is 9.23. The minimum Gasteiger partial charge on any atom is -1.00 e. The fraction of sp³-hybridized carbons (Fsp3) is 1.00. The molecule has 0 amide bonds. The van der Waals surface area contributed by atoms with E-state index in [2.05, 4.69) is 19.2 Å². The number of hydrogen-bond donors (Lipinski definition) is 1. The van der Waals surface area contributed by atoms with Gasteiger partial charge in [-0.3, -0.25) is 0 Å². The van der Waals surface area contributed by atoms with Gasteiger partial charge in [-0.1, -0.05) is 78.1 Å². The van der Waals surface area contributed by atoms with Crippen LogP contribution in [-0.2, 0) is 0 Å². The van der Waals surface area contributed by atoms with Crippen LogP contribution >= 0.6 is 0 Å². The van der Waals surface area contributed by atoms with Crippen LogP contribution in [0.4, 0.5) is 0 Å². The maximum atomic E-state index is 2.53. The SMILES string of the molecule is CCCCCCCCCCCC[NH2+]CCCCCC.[Cl-]. The van der Waals surface area contributed by atoms with Gasteiger partial charge in [0.25, 0.3) is 0 Å². The van der Waals surface area contributed by atoms with Crippen molar-refractivity contribution in [2.75, 3.05) is 13.1 Å². The molecule has 0 atom stereocenters. The molecule has 2 heteroatoms. The Morgan fingerprint density at radius 2 is 0.750 bits per heavy atom. The van der Waals surface area contributed by atoms with E-state index >= 15 is 0 Å². The van der Waals surface area contributed by atoms with Gasteiger partial charge in [-0.25, -0.2) is 0 Å². The van der Waals surface area contributed by atoms with Gasteiger partial charge in [0.05, 0.1) is 13.1 Å². The summed E-state index contributed by atoms with van der Waals surface area (Å²) >= 11 is 0. The van der Waals surface area contributed by atoms with Crippen LogP contribution in [-0.4, -0.2) is 13.1 Å². The van der Waals surface area contributed by atoms with Crippen LogP contribution in [0.5, 0.6) is 0 Å². The highest BCUT2D eigenvalue weighted by Gasteiger charge is 1.94.